The maximum Gasteiger partial charge on any atom is 0.0978 e. The molecule has 0 atom stereocenters. The minimum atomic E-state index is 0.465. The Morgan fingerprint density at radius 2 is 1.80 bits per heavy atom. The van der Waals surface area contributed by atoms with Gasteiger partial charge in [0.05, 0.1) is 12.4 Å². The molecule has 0 saturated heterocycles. The molecule has 0 heterocycles. The Kier molecular flexibility index (Phi) is 3.44. The number of hydrogen-bond donors (Lipinski definition) is 0. The third-order valence-corrected chi connectivity index (χ3v) is 2.91. The summed E-state index contributed by atoms with van der Waals surface area (Å²) in [5.74, 6) is 0. The highest BCUT2D eigenvalue weighted by Crippen LogP contribution is 2.21. The highest BCUT2D eigenvalue weighted by molar-refractivity contribution is 5.48. The molecule has 2 rings (SSSR count). The van der Waals surface area contributed by atoms with E-state index in [-0.39, 0.29) is 0 Å². The fraction of sp³-hybridized carbons (Fsp3) is 0.429. The molecular formula is C14H18O. The summed E-state index contributed by atoms with van der Waals surface area (Å²) in [6, 6.07) is 8.47. The van der Waals surface area contributed by atoms with Crippen molar-refractivity contribution in [2.45, 2.75) is 38.7 Å². The minimum absolute atomic E-state index is 0.465. The van der Waals surface area contributed by atoms with Crippen molar-refractivity contribution in [2.24, 2.45) is 0 Å². The van der Waals surface area contributed by atoms with Crippen LogP contribution in [0.25, 0.3) is 6.08 Å². The average molecular weight is 202 g/mol. The lowest BCUT2D eigenvalue weighted by Gasteiger charge is -2.07. The second kappa shape index (κ2) is 5.01. The van der Waals surface area contributed by atoms with Gasteiger partial charge in [-0.05, 0) is 44.2 Å². The number of ether oxygens (including phenoxy) is 1. The molecule has 0 amide bonds. The summed E-state index contributed by atoms with van der Waals surface area (Å²) in [4.78, 5) is 0. The van der Waals surface area contributed by atoms with Crippen molar-refractivity contribution >= 4 is 6.08 Å². The van der Waals surface area contributed by atoms with Crippen molar-refractivity contribution in [3.05, 3.63) is 41.7 Å². The molecule has 1 fully saturated rings. The number of benzene rings is 1. The zero-order chi connectivity index (χ0) is 10.5. The SMILES string of the molecule is Cc1ccc(C=COC2CCCC2)cc1. The Balaban J connectivity index is 1.85. The van der Waals surface area contributed by atoms with E-state index >= 15 is 0 Å². The molecule has 1 aliphatic carbocycles. The van der Waals surface area contributed by atoms with Gasteiger partial charge in [0.2, 0.25) is 0 Å². The summed E-state index contributed by atoms with van der Waals surface area (Å²) in [5, 5.41) is 0. The fourth-order valence-electron chi connectivity index (χ4n) is 1.93. The van der Waals surface area contributed by atoms with E-state index in [0.29, 0.717) is 6.10 Å². The smallest absolute Gasteiger partial charge is 0.0978 e. The zero-order valence-electron chi connectivity index (χ0n) is 9.28. The third-order valence-electron chi connectivity index (χ3n) is 2.91. The first kappa shape index (κ1) is 10.3. The maximum atomic E-state index is 5.66. The first-order valence-corrected chi connectivity index (χ1v) is 5.73. The zero-order valence-corrected chi connectivity index (χ0v) is 9.28. The van der Waals surface area contributed by atoms with Crippen LogP contribution in [-0.4, -0.2) is 6.10 Å². The van der Waals surface area contributed by atoms with Gasteiger partial charge in [-0.2, -0.15) is 0 Å². The quantitative estimate of drug-likeness (QED) is 0.675. The van der Waals surface area contributed by atoms with Gasteiger partial charge in [-0.15, -0.1) is 0 Å². The summed E-state index contributed by atoms with van der Waals surface area (Å²) in [7, 11) is 0. The van der Waals surface area contributed by atoms with Crippen LogP contribution in [0.2, 0.25) is 0 Å². The van der Waals surface area contributed by atoms with Gasteiger partial charge in [0, 0.05) is 0 Å². The molecule has 1 heteroatoms. The van der Waals surface area contributed by atoms with Crippen LogP contribution >= 0.6 is 0 Å². The van der Waals surface area contributed by atoms with E-state index in [0.717, 1.165) is 0 Å². The molecule has 0 aromatic heterocycles. The molecule has 0 unspecified atom stereocenters. The van der Waals surface area contributed by atoms with E-state index in [9.17, 15) is 0 Å². The van der Waals surface area contributed by atoms with Crippen molar-refractivity contribution in [3.63, 3.8) is 0 Å². The fourth-order valence-corrected chi connectivity index (χ4v) is 1.93. The van der Waals surface area contributed by atoms with Crippen LogP contribution in [-0.2, 0) is 4.74 Å². The predicted octanol–water partition coefficient (Wildman–Crippen LogP) is 3.92. The van der Waals surface area contributed by atoms with Crippen molar-refractivity contribution in [2.75, 3.05) is 0 Å². The van der Waals surface area contributed by atoms with Crippen LogP contribution in [0, 0.1) is 6.92 Å². The van der Waals surface area contributed by atoms with Gasteiger partial charge >= 0.3 is 0 Å². The van der Waals surface area contributed by atoms with E-state index in [1.165, 1.54) is 36.8 Å². The van der Waals surface area contributed by atoms with E-state index in [1.807, 2.05) is 12.3 Å². The summed E-state index contributed by atoms with van der Waals surface area (Å²) in [5.41, 5.74) is 2.50. The molecule has 80 valence electrons. The Hall–Kier alpha value is -1.24. The lowest BCUT2D eigenvalue weighted by molar-refractivity contribution is 0.153. The van der Waals surface area contributed by atoms with Crippen LogP contribution in [0.1, 0.15) is 36.8 Å². The Morgan fingerprint density at radius 3 is 2.47 bits per heavy atom. The van der Waals surface area contributed by atoms with Crippen molar-refractivity contribution < 1.29 is 4.74 Å². The lowest BCUT2D eigenvalue weighted by atomic mass is 10.1. The molecular weight excluding hydrogens is 184 g/mol. The molecule has 1 nitrogen and oxygen atoms in total. The van der Waals surface area contributed by atoms with Crippen LogP contribution < -0.4 is 0 Å². The van der Waals surface area contributed by atoms with Crippen LogP contribution in [0.5, 0.6) is 0 Å². The van der Waals surface area contributed by atoms with Gasteiger partial charge in [0.15, 0.2) is 0 Å². The van der Waals surface area contributed by atoms with Crippen molar-refractivity contribution in [1.82, 2.24) is 0 Å². The standard InChI is InChI=1S/C14H18O/c1-12-6-8-13(9-7-12)10-11-15-14-4-2-3-5-14/h6-11,14H,2-5H2,1H3. The van der Waals surface area contributed by atoms with Gasteiger partial charge in [-0.25, -0.2) is 0 Å². The average Bonchev–Trinajstić information content (AvgIpc) is 2.74. The molecule has 0 aliphatic heterocycles. The number of rotatable bonds is 3. The van der Waals surface area contributed by atoms with Gasteiger partial charge < -0.3 is 4.74 Å². The van der Waals surface area contributed by atoms with Gasteiger partial charge in [0.1, 0.15) is 0 Å². The Labute approximate surface area is 91.8 Å². The molecule has 0 N–H and O–H groups in total. The van der Waals surface area contributed by atoms with Crippen molar-refractivity contribution in [1.29, 1.82) is 0 Å². The summed E-state index contributed by atoms with van der Waals surface area (Å²) >= 11 is 0. The van der Waals surface area contributed by atoms with E-state index in [4.69, 9.17) is 4.74 Å². The second-order valence-electron chi connectivity index (χ2n) is 4.26. The molecule has 15 heavy (non-hydrogen) atoms. The molecule has 0 bridgehead atoms. The minimum Gasteiger partial charge on any atom is -0.498 e. The molecule has 1 aliphatic rings. The summed E-state index contributed by atoms with van der Waals surface area (Å²) < 4.78 is 5.66. The largest absolute Gasteiger partial charge is 0.498 e. The molecule has 0 spiro atoms. The van der Waals surface area contributed by atoms with E-state index in [1.54, 1.807) is 0 Å². The molecule has 1 aromatic rings. The topological polar surface area (TPSA) is 9.23 Å². The van der Waals surface area contributed by atoms with Gasteiger partial charge in [0.25, 0.3) is 0 Å². The maximum absolute atomic E-state index is 5.66. The van der Waals surface area contributed by atoms with E-state index < -0.39 is 0 Å². The Bertz CT molecular complexity index is 318. The monoisotopic (exact) mass is 202 g/mol. The molecule has 0 radical (unpaired) electrons. The van der Waals surface area contributed by atoms with Crippen LogP contribution in [0.4, 0.5) is 0 Å². The Morgan fingerprint density at radius 1 is 1.13 bits per heavy atom. The predicted molar refractivity (Wildman–Crippen MR) is 63.6 cm³/mol. The van der Waals surface area contributed by atoms with Gasteiger partial charge in [-0.1, -0.05) is 29.8 Å². The number of aryl methyl sites for hydroxylation is 1. The third kappa shape index (κ3) is 3.12. The van der Waals surface area contributed by atoms with Gasteiger partial charge in [-0.3, -0.25) is 0 Å². The first-order chi connectivity index (χ1) is 7.34. The highest BCUT2D eigenvalue weighted by atomic mass is 16.5. The van der Waals surface area contributed by atoms with Crippen LogP contribution in [0.15, 0.2) is 30.5 Å². The van der Waals surface area contributed by atoms with Crippen molar-refractivity contribution in [3.8, 4) is 0 Å². The highest BCUT2D eigenvalue weighted by Gasteiger charge is 2.13. The first-order valence-electron chi connectivity index (χ1n) is 5.73. The second-order valence-corrected chi connectivity index (χ2v) is 4.26. The van der Waals surface area contributed by atoms with E-state index in [2.05, 4.69) is 31.2 Å². The molecule has 1 aromatic carbocycles. The molecule has 1 saturated carbocycles. The number of hydrogen-bond acceptors (Lipinski definition) is 1. The lowest BCUT2D eigenvalue weighted by Crippen LogP contribution is -2.01. The summed E-state index contributed by atoms with van der Waals surface area (Å²) in [6.45, 7) is 2.10. The van der Waals surface area contributed by atoms with Crippen LogP contribution in [0.3, 0.4) is 0 Å². The normalized spacial score (nSPS) is 17.4. The summed E-state index contributed by atoms with van der Waals surface area (Å²) in [6.07, 6.45) is 9.44.